The van der Waals surface area contributed by atoms with Crippen LogP contribution in [0, 0.1) is 0 Å². The van der Waals surface area contributed by atoms with Crippen molar-refractivity contribution in [3.05, 3.63) is 89.6 Å². The fourth-order valence-electron chi connectivity index (χ4n) is 3.42. The Bertz CT molecular complexity index is 1030. The lowest BCUT2D eigenvalue weighted by Crippen LogP contribution is -2.22. The van der Waals surface area contributed by atoms with Gasteiger partial charge in [-0.2, -0.15) is 0 Å². The molecule has 6 nitrogen and oxygen atoms in total. The molecular weight excluding hydrogens is 388 g/mol. The van der Waals surface area contributed by atoms with Crippen molar-refractivity contribution in [3.8, 4) is 0 Å². The summed E-state index contributed by atoms with van der Waals surface area (Å²) in [4.78, 5) is 31.3. The SMILES string of the molecule is CC(=O)Nc1ncccc1NC(CCN(C)C)c1ccccc1C(=O)c1ccccc1. The maximum absolute atomic E-state index is 13.3. The molecule has 0 aliphatic carbocycles. The molecule has 1 amide bonds. The van der Waals surface area contributed by atoms with E-state index in [4.69, 9.17) is 0 Å². The average molecular weight is 417 g/mol. The highest BCUT2D eigenvalue weighted by atomic mass is 16.1. The van der Waals surface area contributed by atoms with E-state index < -0.39 is 0 Å². The van der Waals surface area contributed by atoms with Gasteiger partial charge in [-0.05, 0) is 44.8 Å². The summed E-state index contributed by atoms with van der Waals surface area (Å²) >= 11 is 0. The van der Waals surface area contributed by atoms with Crippen LogP contribution in [0.1, 0.15) is 40.9 Å². The topological polar surface area (TPSA) is 74.3 Å². The van der Waals surface area contributed by atoms with Gasteiger partial charge in [0, 0.05) is 24.2 Å². The number of nitrogens with one attached hydrogen (secondary N) is 2. The van der Waals surface area contributed by atoms with Gasteiger partial charge in [0.15, 0.2) is 11.6 Å². The summed E-state index contributed by atoms with van der Waals surface area (Å²) in [6.45, 7) is 2.27. The summed E-state index contributed by atoms with van der Waals surface area (Å²) in [6.07, 6.45) is 2.40. The van der Waals surface area contributed by atoms with Crippen molar-refractivity contribution in [1.82, 2.24) is 9.88 Å². The summed E-state index contributed by atoms with van der Waals surface area (Å²) in [7, 11) is 4.04. The minimum atomic E-state index is -0.189. The van der Waals surface area contributed by atoms with Gasteiger partial charge < -0.3 is 15.5 Å². The minimum absolute atomic E-state index is 0.0128. The third kappa shape index (κ3) is 5.99. The number of pyridine rings is 1. The number of hydrogen-bond donors (Lipinski definition) is 2. The normalized spacial score (nSPS) is 11.7. The Morgan fingerprint density at radius 3 is 2.39 bits per heavy atom. The van der Waals surface area contributed by atoms with Crippen LogP contribution in [0.2, 0.25) is 0 Å². The summed E-state index contributed by atoms with van der Waals surface area (Å²) < 4.78 is 0. The molecule has 0 spiro atoms. The Balaban J connectivity index is 1.99. The molecule has 1 unspecified atom stereocenters. The number of rotatable bonds is 9. The summed E-state index contributed by atoms with van der Waals surface area (Å²) in [6, 6.07) is 20.5. The molecule has 0 radical (unpaired) electrons. The van der Waals surface area contributed by atoms with Crippen molar-refractivity contribution < 1.29 is 9.59 Å². The Morgan fingerprint density at radius 1 is 0.968 bits per heavy atom. The number of amides is 1. The molecule has 0 bridgehead atoms. The van der Waals surface area contributed by atoms with E-state index in [0.717, 1.165) is 18.5 Å². The highest BCUT2D eigenvalue weighted by molar-refractivity contribution is 6.10. The van der Waals surface area contributed by atoms with Crippen molar-refractivity contribution in [2.24, 2.45) is 0 Å². The largest absolute Gasteiger partial charge is 0.375 e. The molecule has 0 fully saturated rings. The number of anilines is 2. The molecule has 2 N–H and O–H groups in total. The number of benzene rings is 2. The predicted octanol–water partition coefficient (Wildman–Crippen LogP) is 4.38. The summed E-state index contributed by atoms with van der Waals surface area (Å²) in [5.41, 5.74) is 2.94. The third-order valence-electron chi connectivity index (χ3n) is 4.91. The van der Waals surface area contributed by atoms with Gasteiger partial charge in [0.05, 0.1) is 11.7 Å². The molecule has 1 heterocycles. The first-order valence-corrected chi connectivity index (χ1v) is 10.3. The first-order valence-electron chi connectivity index (χ1n) is 10.3. The average Bonchev–Trinajstić information content (AvgIpc) is 2.77. The van der Waals surface area contributed by atoms with Crippen LogP contribution in [0.5, 0.6) is 0 Å². The molecule has 3 rings (SSSR count). The molecule has 0 saturated carbocycles. The maximum Gasteiger partial charge on any atom is 0.222 e. The molecule has 6 heteroatoms. The van der Waals surface area contributed by atoms with Crippen LogP contribution in [0.3, 0.4) is 0 Å². The lowest BCUT2D eigenvalue weighted by molar-refractivity contribution is -0.114. The second-order valence-electron chi connectivity index (χ2n) is 7.65. The smallest absolute Gasteiger partial charge is 0.222 e. The van der Waals surface area contributed by atoms with Gasteiger partial charge in [0.1, 0.15) is 0 Å². The first kappa shape index (κ1) is 22.2. The number of carbonyl (C=O) groups excluding carboxylic acids is 2. The molecule has 160 valence electrons. The van der Waals surface area contributed by atoms with Crippen molar-refractivity contribution in [2.75, 3.05) is 31.3 Å². The van der Waals surface area contributed by atoms with Crippen LogP contribution in [-0.4, -0.2) is 42.2 Å². The van der Waals surface area contributed by atoms with E-state index in [1.54, 1.807) is 6.20 Å². The van der Waals surface area contributed by atoms with E-state index in [-0.39, 0.29) is 17.7 Å². The molecule has 0 saturated heterocycles. The standard InChI is InChI=1S/C25H28N4O2/c1-18(30)27-25-23(14-9-16-26-25)28-22(15-17-29(2)3)20-12-7-8-13-21(20)24(31)19-10-5-4-6-11-19/h4-14,16,22,28H,15,17H2,1-3H3,(H,26,27,30). The van der Waals surface area contributed by atoms with Crippen LogP contribution < -0.4 is 10.6 Å². The molecule has 0 aliphatic heterocycles. The highest BCUT2D eigenvalue weighted by Crippen LogP contribution is 2.30. The Labute approximate surface area is 183 Å². The van der Waals surface area contributed by atoms with Crippen molar-refractivity contribution in [1.29, 1.82) is 0 Å². The number of aromatic nitrogens is 1. The predicted molar refractivity (Wildman–Crippen MR) is 124 cm³/mol. The zero-order chi connectivity index (χ0) is 22.2. The lowest BCUT2D eigenvalue weighted by Gasteiger charge is -2.25. The first-order chi connectivity index (χ1) is 15.0. The molecular formula is C25H28N4O2. The molecule has 1 aromatic heterocycles. The monoisotopic (exact) mass is 416 g/mol. The van der Waals surface area contributed by atoms with E-state index in [2.05, 4.69) is 20.5 Å². The van der Waals surface area contributed by atoms with E-state index >= 15 is 0 Å². The Kier molecular flexibility index (Phi) is 7.51. The Hall–Kier alpha value is -3.51. The van der Waals surface area contributed by atoms with Gasteiger partial charge in [0.25, 0.3) is 0 Å². The third-order valence-corrected chi connectivity index (χ3v) is 4.91. The van der Waals surface area contributed by atoms with Crippen LogP contribution in [0.15, 0.2) is 72.9 Å². The van der Waals surface area contributed by atoms with Crippen LogP contribution in [-0.2, 0) is 4.79 Å². The van der Waals surface area contributed by atoms with Crippen molar-refractivity contribution in [3.63, 3.8) is 0 Å². The number of nitrogens with zero attached hydrogens (tertiary/aromatic N) is 2. The second-order valence-corrected chi connectivity index (χ2v) is 7.65. The van der Waals surface area contributed by atoms with E-state index in [1.165, 1.54) is 6.92 Å². The molecule has 31 heavy (non-hydrogen) atoms. The molecule has 3 aromatic rings. The zero-order valence-electron chi connectivity index (χ0n) is 18.1. The Morgan fingerprint density at radius 2 is 1.68 bits per heavy atom. The van der Waals surface area contributed by atoms with Gasteiger partial charge in [-0.3, -0.25) is 9.59 Å². The zero-order valence-corrected chi connectivity index (χ0v) is 18.1. The highest BCUT2D eigenvalue weighted by Gasteiger charge is 2.21. The van der Waals surface area contributed by atoms with E-state index in [1.807, 2.05) is 80.8 Å². The van der Waals surface area contributed by atoms with Crippen LogP contribution in [0.25, 0.3) is 0 Å². The minimum Gasteiger partial charge on any atom is -0.375 e. The molecule has 0 aliphatic rings. The van der Waals surface area contributed by atoms with Gasteiger partial charge >= 0.3 is 0 Å². The van der Waals surface area contributed by atoms with Crippen LogP contribution in [0.4, 0.5) is 11.5 Å². The fourth-order valence-corrected chi connectivity index (χ4v) is 3.42. The van der Waals surface area contributed by atoms with Gasteiger partial charge in [-0.15, -0.1) is 0 Å². The summed E-state index contributed by atoms with van der Waals surface area (Å²) in [5, 5.41) is 6.28. The van der Waals surface area contributed by atoms with Gasteiger partial charge in [0.2, 0.25) is 5.91 Å². The van der Waals surface area contributed by atoms with E-state index in [0.29, 0.717) is 22.6 Å². The fraction of sp³-hybridized carbons (Fsp3) is 0.240. The van der Waals surface area contributed by atoms with E-state index in [9.17, 15) is 9.59 Å². The lowest BCUT2D eigenvalue weighted by atomic mass is 9.92. The number of carbonyl (C=O) groups is 2. The number of ketones is 1. The molecule has 1 atom stereocenters. The number of hydrogen-bond acceptors (Lipinski definition) is 5. The summed E-state index contributed by atoms with van der Waals surface area (Å²) in [5.74, 6) is 0.268. The quantitative estimate of drug-likeness (QED) is 0.507. The second kappa shape index (κ2) is 10.5. The molecule has 2 aromatic carbocycles. The van der Waals surface area contributed by atoms with Crippen molar-refractivity contribution in [2.45, 2.75) is 19.4 Å². The van der Waals surface area contributed by atoms with Gasteiger partial charge in [-0.25, -0.2) is 4.98 Å². The maximum atomic E-state index is 13.3. The van der Waals surface area contributed by atoms with Crippen LogP contribution >= 0.6 is 0 Å². The van der Waals surface area contributed by atoms with Crippen molar-refractivity contribution >= 4 is 23.2 Å². The van der Waals surface area contributed by atoms with Gasteiger partial charge in [-0.1, -0.05) is 54.6 Å².